The van der Waals surface area contributed by atoms with Gasteiger partial charge in [-0.1, -0.05) is 74.5 Å². The predicted octanol–water partition coefficient (Wildman–Crippen LogP) is 5.57. The van der Waals surface area contributed by atoms with Gasteiger partial charge in [0.2, 0.25) is 11.8 Å². The van der Waals surface area contributed by atoms with Crippen LogP contribution in [0.3, 0.4) is 0 Å². The first-order chi connectivity index (χ1) is 12.3. The van der Waals surface area contributed by atoms with E-state index in [0.717, 1.165) is 16.7 Å². The highest BCUT2D eigenvalue weighted by Gasteiger charge is 2.04. The van der Waals surface area contributed by atoms with E-state index in [0.29, 0.717) is 25.0 Å². The van der Waals surface area contributed by atoms with Gasteiger partial charge in [-0.3, -0.25) is 0 Å². The summed E-state index contributed by atoms with van der Waals surface area (Å²) >= 11 is 0. The Bertz CT molecular complexity index is 681. The number of aromatic nitrogens is 1. The number of ether oxygens (including phenoxy) is 2. The molecular formula is C22H25NO2. The summed E-state index contributed by atoms with van der Waals surface area (Å²) in [6.45, 7) is 7.00. The SMILES string of the molecule is CC.Cc1cc(OCc2ccccc2)nc(OCc2ccccc2)c1. The summed E-state index contributed by atoms with van der Waals surface area (Å²) in [5.74, 6) is 1.16. The van der Waals surface area contributed by atoms with Crippen molar-refractivity contribution in [2.45, 2.75) is 34.0 Å². The third-order valence-corrected chi connectivity index (χ3v) is 3.38. The summed E-state index contributed by atoms with van der Waals surface area (Å²) in [6.07, 6.45) is 0. The maximum Gasteiger partial charge on any atom is 0.217 e. The second kappa shape index (κ2) is 10.1. The van der Waals surface area contributed by atoms with E-state index >= 15 is 0 Å². The van der Waals surface area contributed by atoms with Crippen LogP contribution < -0.4 is 9.47 Å². The van der Waals surface area contributed by atoms with Crippen LogP contribution in [0.15, 0.2) is 72.8 Å². The highest BCUT2D eigenvalue weighted by atomic mass is 16.5. The molecule has 1 heterocycles. The Kier molecular flexibility index (Phi) is 7.51. The van der Waals surface area contributed by atoms with Gasteiger partial charge in [0.15, 0.2) is 0 Å². The van der Waals surface area contributed by atoms with Gasteiger partial charge in [-0.2, -0.15) is 4.98 Å². The zero-order chi connectivity index (χ0) is 17.9. The van der Waals surface area contributed by atoms with Crippen molar-refractivity contribution in [2.75, 3.05) is 0 Å². The fourth-order valence-corrected chi connectivity index (χ4v) is 2.22. The number of aryl methyl sites for hydroxylation is 1. The first-order valence-electron chi connectivity index (χ1n) is 8.62. The van der Waals surface area contributed by atoms with Crippen LogP contribution in [0.4, 0.5) is 0 Å². The third-order valence-electron chi connectivity index (χ3n) is 3.38. The van der Waals surface area contributed by atoms with E-state index in [9.17, 15) is 0 Å². The summed E-state index contributed by atoms with van der Waals surface area (Å²) in [6, 6.07) is 23.9. The molecule has 2 aromatic carbocycles. The zero-order valence-electron chi connectivity index (χ0n) is 15.1. The van der Waals surface area contributed by atoms with E-state index in [2.05, 4.69) is 4.98 Å². The molecule has 0 bridgehead atoms. The lowest BCUT2D eigenvalue weighted by Gasteiger charge is -2.10. The average Bonchev–Trinajstić information content (AvgIpc) is 2.68. The molecule has 0 saturated heterocycles. The molecule has 0 aliphatic rings. The van der Waals surface area contributed by atoms with Crippen molar-refractivity contribution >= 4 is 0 Å². The van der Waals surface area contributed by atoms with Gasteiger partial charge < -0.3 is 9.47 Å². The van der Waals surface area contributed by atoms with Gasteiger partial charge >= 0.3 is 0 Å². The van der Waals surface area contributed by atoms with Crippen molar-refractivity contribution in [1.82, 2.24) is 4.98 Å². The second-order valence-corrected chi connectivity index (χ2v) is 5.37. The minimum atomic E-state index is 0.495. The molecule has 0 unspecified atom stereocenters. The van der Waals surface area contributed by atoms with Crippen LogP contribution in [0.25, 0.3) is 0 Å². The third kappa shape index (κ3) is 6.30. The van der Waals surface area contributed by atoms with E-state index in [1.807, 2.05) is 93.6 Å². The normalized spacial score (nSPS) is 9.72. The van der Waals surface area contributed by atoms with Gasteiger partial charge in [0.05, 0.1) is 0 Å². The molecule has 0 atom stereocenters. The lowest BCUT2D eigenvalue weighted by molar-refractivity contribution is 0.267. The van der Waals surface area contributed by atoms with Crippen molar-refractivity contribution in [3.05, 3.63) is 89.5 Å². The molecule has 3 aromatic rings. The van der Waals surface area contributed by atoms with E-state index in [1.165, 1.54) is 0 Å². The Morgan fingerprint density at radius 2 is 1.08 bits per heavy atom. The van der Waals surface area contributed by atoms with Crippen molar-refractivity contribution in [3.8, 4) is 11.8 Å². The summed E-state index contributed by atoms with van der Waals surface area (Å²) in [4.78, 5) is 4.42. The summed E-state index contributed by atoms with van der Waals surface area (Å²) < 4.78 is 11.5. The van der Waals surface area contributed by atoms with E-state index in [1.54, 1.807) is 0 Å². The van der Waals surface area contributed by atoms with Gasteiger partial charge in [0, 0.05) is 12.1 Å². The molecule has 0 radical (unpaired) electrons. The average molecular weight is 335 g/mol. The zero-order valence-corrected chi connectivity index (χ0v) is 15.1. The quantitative estimate of drug-likeness (QED) is 0.590. The van der Waals surface area contributed by atoms with E-state index in [4.69, 9.17) is 9.47 Å². The van der Waals surface area contributed by atoms with Gasteiger partial charge in [0.1, 0.15) is 13.2 Å². The summed E-state index contributed by atoms with van der Waals surface area (Å²) in [5, 5.41) is 0. The summed E-state index contributed by atoms with van der Waals surface area (Å²) in [7, 11) is 0. The van der Waals surface area contributed by atoms with Gasteiger partial charge in [-0.05, 0) is 23.6 Å². The first-order valence-corrected chi connectivity index (χ1v) is 8.62. The van der Waals surface area contributed by atoms with Crippen molar-refractivity contribution < 1.29 is 9.47 Å². The van der Waals surface area contributed by atoms with E-state index in [-0.39, 0.29) is 0 Å². The summed E-state index contributed by atoms with van der Waals surface area (Å²) in [5.41, 5.74) is 3.29. The molecule has 0 saturated carbocycles. The van der Waals surface area contributed by atoms with Gasteiger partial charge in [0.25, 0.3) is 0 Å². The Morgan fingerprint density at radius 3 is 1.48 bits per heavy atom. The number of benzene rings is 2. The fourth-order valence-electron chi connectivity index (χ4n) is 2.22. The Hall–Kier alpha value is -2.81. The number of pyridine rings is 1. The lowest BCUT2D eigenvalue weighted by Crippen LogP contribution is -2.01. The number of hydrogen-bond donors (Lipinski definition) is 0. The minimum Gasteiger partial charge on any atom is -0.473 e. The topological polar surface area (TPSA) is 31.4 Å². The second-order valence-electron chi connectivity index (χ2n) is 5.37. The van der Waals surface area contributed by atoms with Crippen LogP contribution in [0.1, 0.15) is 30.5 Å². The van der Waals surface area contributed by atoms with Crippen LogP contribution in [-0.4, -0.2) is 4.98 Å². The lowest BCUT2D eigenvalue weighted by atomic mass is 10.2. The predicted molar refractivity (Wildman–Crippen MR) is 102 cm³/mol. The van der Waals surface area contributed by atoms with Crippen LogP contribution in [0, 0.1) is 6.92 Å². The van der Waals surface area contributed by atoms with Crippen LogP contribution in [-0.2, 0) is 13.2 Å². The fraction of sp³-hybridized carbons (Fsp3) is 0.227. The monoisotopic (exact) mass is 335 g/mol. The van der Waals surface area contributed by atoms with E-state index < -0.39 is 0 Å². The Morgan fingerprint density at radius 1 is 0.680 bits per heavy atom. The molecule has 3 heteroatoms. The minimum absolute atomic E-state index is 0.495. The highest BCUT2D eigenvalue weighted by molar-refractivity contribution is 5.28. The molecule has 3 rings (SSSR count). The molecular weight excluding hydrogens is 310 g/mol. The van der Waals surface area contributed by atoms with Crippen molar-refractivity contribution in [3.63, 3.8) is 0 Å². The molecule has 3 nitrogen and oxygen atoms in total. The maximum absolute atomic E-state index is 5.77. The number of hydrogen-bond acceptors (Lipinski definition) is 3. The largest absolute Gasteiger partial charge is 0.473 e. The van der Waals surface area contributed by atoms with Crippen LogP contribution in [0.5, 0.6) is 11.8 Å². The molecule has 0 N–H and O–H groups in total. The standard InChI is InChI=1S/C20H19NO2.C2H6/c1-16-12-19(22-14-17-8-4-2-5-9-17)21-20(13-16)23-15-18-10-6-3-7-11-18;1-2/h2-13H,14-15H2,1H3;1-2H3. The van der Waals surface area contributed by atoms with Crippen molar-refractivity contribution in [2.24, 2.45) is 0 Å². The smallest absolute Gasteiger partial charge is 0.217 e. The maximum atomic E-state index is 5.77. The molecule has 1 aromatic heterocycles. The Labute approximate surface area is 150 Å². The molecule has 0 aliphatic carbocycles. The highest BCUT2D eigenvalue weighted by Crippen LogP contribution is 2.19. The van der Waals surface area contributed by atoms with Gasteiger partial charge in [-0.25, -0.2) is 0 Å². The van der Waals surface area contributed by atoms with Gasteiger partial charge in [-0.15, -0.1) is 0 Å². The van der Waals surface area contributed by atoms with Crippen LogP contribution in [0.2, 0.25) is 0 Å². The molecule has 130 valence electrons. The number of rotatable bonds is 6. The molecule has 0 aliphatic heterocycles. The molecule has 0 spiro atoms. The molecule has 25 heavy (non-hydrogen) atoms. The van der Waals surface area contributed by atoms with Crippen molar-refractivity contribution in [1.29, 1.82) is 0 Å². The van der Waals surface area contributed by atoms with Crippen LogP contribution >= 0.6 is 0 Å². The Balaban J connectivity index is 0.00000109. The number of nitrogens with zero attached hydrogens (tertiary/aromatic N) is 1. The molecule has 0 amide bonds. The molecule has 0 fully saturated rings. The first kappa shape index (κ1) is 18.5.